The van der Waals surface area contributed by atoms with Crippen LogP contribution in [0.5, 0.6) is 5.75 Å². The van der Waals surface area contributed by atoms with Gasteiger partial charge in [0.25, 0.3) is 0 Å². The number of aldehydes is 1. The van der Waals surface area contributed by atoms with Crippen molar-refractivity contribution in [2.75, 3.05) is 0 Å². The smallest absolute Gasteiger partial charge is 0.177 e. The molecular weight excluding hydrogens is 269 g/mol. The third-order valence-electron chi connectivity index (χ3n) is 2.58. The minimum absolute atomic E-state index is 0.00734. The standard InChI is InChI=1S/C14H11ClFNO2/c1-9-2-3-10(6-17-9)8-19-13-5-4-12(15)11(7-18)14(13)16/h2-7H,8H2,1H3. The first-order chi connectivity index (χ1) is 9.11. The maximum atomic E-state index is 13.8. The quantitative estimate of drug-likeness (QED) is 0.803. The molecule has 3 nitrogen and oxygen atoms in total. The fourth-order valence-electron chi connectivity index (χ4n) is 1.51. The van der Waals surface area contributed by atoms with Gasteiger partial charge in [-0.25, -0.2) is 4.39 Å². The summed E-state index contributed by atoms with van der Waals surface area (Å²) in [6.07, 6.45) is 2.03. The second-order valence-electron chi connectivity index (χ2n) is 3.99. The number of hydrogen-bond donors (Lipinski definition) is 0. The van der Waals surface area contributed by atoms with Crippen LogP contribution in [0.25, 0.3) is 0 Å². The predicted molar refractivity (Wildman–Crippen MR) is 70.1 cm³/mol. The SMILES string of the molecule is Cc1ccc(COc2ccc(Cl)c(C=O)c2F)cn1. The molecular formula is C14H11ClFNO2. The Balaban J connectivity index is 2.16. The predicted octanol–water partition coefficient (Wildman–Crippen LogP) is 3.57. The second kappa shape index (κ2) is 5.80. The third-order valence-corrected chi connectivity index (χ3v) is 2.91. The lowest BCUT2D eigenvalue weighted by Gasteiger charge is -2.09. The Kier molecular flexibility index (Phi) is 4.12. The van der Waals surface area contributed by atoms with E-state index in [0.29, 0.717) is 6.29 Å². The molecule has 1 aromatic carbocycles. The molecule has 0 radical (unpaired) electrons. The Hall–Kier alpha value is -1.94. The summed E-state index contributed by atoms with van der Waals surface area (Å²) in [6, 6.07) is 6.51. The number of aromatic nitrogens is 1. The molecule has 0 spiro atoms. The summed E-state index contributed by atoms with van der Waals surface area (Å²) >= 11 is 5.70. The first-order valence-electron chi connectivity index (χ1n) is 5.59. The molecule has 5 heteroatoms. The van der Waals surface area contributed by atoms with E-state index in [1.807, 2.05) is 19.1 Å². The molecule has 98 valence electrons. The molecule has 0 aliphatic heterocycles. The van der Waals surface area contributed by atoms with Crippen molar-refractivity contribution in [1.29, 1.82) is 0 Å². The van der Waals surface area contributed by atoms with Gasteiger partial charge < -0.3 is 4.74 Å². The number of halogens is 2. The second-order valence-corrected chi connectivity index (χ2v) is 4.39. The summed E-state index contributed by atoms with van der Waals surface area (Å²) in [6.45, 7) is 2.05. The Bertz CT molecular complexity index is 599. The fourth-order valence-corrected chi connectivity index (χ4v) is 1.70. The maximum Gasteiger partial charge on any atom is 0.177 e. The number of carbonyl (C=O) groups excluding carboxylic acids is 1. The molecule has 19 heavy (non-hydrogen) atoms. The van der Waals surface area contributed by atoms with E-state index in [1.54, 1.807) is 6.20 Å². The number of ether oxygens (including phenoxy) is 1. The van der Waals surface area contributed by atoms with Crippen molar-refractivity contribution < 1.29 is 13.9 Å². The molecule has 2 rings (SSSR count). The summed E-state index contributed by atoms with van der Waals surface area (Å²) < 4.78 is 19.2. The molecule has 1 aromatic heterocycles. The highest BCUT2D eigenvalue weighted by atomic mass is 35.5. The van der Waals surface area contributed by atoms with Crippen LogP contribution in [-0.2, 0) is 6.61 Å². The van der Waals surface area contributed by atoms with Crippen molar-refractivity contribution in [2.45, 2.75) is 13.5 Å². The average molecular weight is 280 g/mol. The van der Waals surface area contributed by atoms with Gasteiger partial charge in [-0.05, 0) is 25.1 Å². The van der Waals surface area contributed by atoms with Gasteiger partial charge in [0, 0.05) is 17.5 Å². The highest BCUT2D eigenvalue weighted by molar-refractivity contribution is 6.33. The molecule has 2 aromatic rings. The minimum atomic E-state index is -0.748. The van der Waals surface area contributed by atoms with E-state index in [-0.39, 0.29) is 22.9 Å². The summed E-state index contributed by atoms with van der Waals surface area (Å²) in [7, 11) is 0. The molecule has 0 N–H and O–H groups in total. The van der Waals surface area contributed by atoms with E-state index >= 15 is 0 Å². The molecule has 0 saturated heterocycles. The van der Waals surface area contributed by atoms with Crippen molar-refractivity contribution in [3.05, 3.63) is 58.1 Å². The lowest BCUT2D eigenvalue weighted by atomic mass is 10.2. The minimum Gasteiger partial charge on any atom is -0.486 e. The van der Waals surface area contributed by atoms with Crippen LogP contribution in [0.4, 0.5) is 4.39 Å². The van der Waals surface area contributed by atoms with Crippen molar-refractivity contribution in [1.82, 2.24) is 4.98 Å². The van der Waals surface area contributed by atoms with E-state index in [2.05, 4.69) is 4.98 Å². The third kappa shape index (κ3) is 3.09. The molecule has 0 aliphatic rings. The van der Waals surface area contributed by atoms with Gasteiger partial charge in [0.05, 0.1) is 10.6 Å². The van der Waals surface area contributed by atoms with Crippen molar-refractivity contribution >= 4 is 17.9 Å². The molecule has 0 atom stereocenters. The lowest BCUT2D eigenvalue weighted by molar-refractivity contribution is 0.111. The van der Waals surface area contributed by atoms with E-state index in [1.165, 1.54) is 12.1 Å². The number of aryl methyl sites for hydroxylation is 1. The summed E-state index contributed by atoms with van der Waals surface area (Å²) in [5.41, 5.74) is 1.51. The molecule has 0 aliphatic carbocycles. The van der Waals surface area contributed by atoms with Crippen LogP contribution in [0.15, 0.2) is 30.5 Å². The van der Waals surface area contributed by atoms with Crippen molar-refractivity contribution in [3.63, 3.8) is 0 Å². The van der Waals surface area contributed by atoms with Crippen molar-refractivity contribution in [2.24, 2.45) is 0 Å². The first-order valence-corrected chi connectivity index (χ1v) is 5.97. The highest BCUT2D eigenvalue weighted by Crippen LogP contribution is 2.26. The zero-order chi connectivity index (χ0) is 13.8. The van der Waals surface area contributed by atoms with Crippen LogP contribution in [0.3, 0.4) is 0 Å². The monoisotopic (exact) mass is 279 g/mol. The number of hydrogen-bond acceptors (Lipinski definition) is 3. The van der Waals surface area contributed by atoms with E-state index in [9.17, 15) is 9.18 Å². The Morgan fingerprint density at radius 1 is 1.37 bits per heavy atom. The zero-order valence-corrected chi connectivity index (χ0v) is 10.9. The zero-order valence-electron chi connectivity index (χ0n) is 10.2. The number of carbonyl (C=O) groups is 1. The van der Waals surface area contributed by atoms with Crippen LogP contribution in [0, 0.1) is 12.7 Å². The molecule has 0 amide bonds. The lowest BCUT2D eigenvalue weighted by Crippen LogP contribution is -2.00. The van der Waals surface area contributed by atoms with E-state index in [0.717, 1.165) is 11.3 Å². The number of pyridine rings is 1. The Morgan fingerprint density at radius 2 is 2.16 bits per heavy atom. The number of benzene rings is 1. The van der Waals surface area contributed by atoms with Crippen LogP contribution < -0.4 is 4.74 Å². The van der Waals surface area contributed by atoms with Gasteiger partial charge in [-0.2, -0.15) is 0 Å². The van der Waals surface area contributed by atoms with Gasteiger partial charge in [0.1, 0.15) is 6.61 Å². The topological polar surface area (TPSA) is 39.2 Å². The number of nitrogens with zero attached hydrogens (tertiary/aromatic N) is 1. The van der Waals surface area contributed by atoms with Gasteiger partial charge >= 0.3 is 0 Å². The van der Waals surface area contributed by atoms with Gasteiger partial charge in [-0.1, -0.05) is 17.7 Å². The highest BCUT2D eigenvalue weighted by Gasteiger charge is 2.12. The van der Waals surface area contributed by atoms with Crippen LogP contribution in [0.1, 0.15) is 21.6 Å². The van der Waals surface area contributed by atoms with Crippen LogP contribution >= 0.6 is 11.6 Å². The normalized spacial score (nSPS) is 10.3. The Morgan fingerprint density at radius 3 is 2.79 bits per heavy atom. The summed E-state index contributed by atoms with van der Waals surface area (Å²) in [5.74, 6) is -0.755. The largest absolute Gasteiger partial charge is 0.486 e. The van der Waals surface area contributed by atoms with Crippen molar-refractivity contribution in [3.8, 4) is 5.75 Å². The molecule has 0 fully saturated rings. The summed E-state index contributed by atoms with van der Waals surface area (Å²) in [5, 5.41) is 0.0665. The molecule has 1 heterocycles. The van der Waals surface area contributed by atoms with Gasteiger partial charge in [-0.15, -0.1) is 0 Å². The first kappa shape index (κ1) is 13.5. The molecule has 0 unspecified atom stereocenters. The number of rotatable bonds is 4. The summed E-state index contributed by atoms with van der Waals surface area (Å²) in [4.78, 5) is 14.8. The van der Waals surface area contributed by atoms with E-state index in [4.69, 9.17) is 16.3 Å². The van der Waals surface area contributed by atoms with Gasteiger partial charge in [0.2, 0.25) is 0 Å². The maximum absolute atomic E-state index is 13.8. The molecule has 0 saturated carbocycles. The van der Waals surface area contributed by atoms with Crippen LogP contribution in [-0.4, -0.2) is 11.3 Å². The van der Waals surface area contributed by atoms with Gasteiger partial charge in [-0.3, -0.25) is 9.78 Å². The van der Waals surface area contributed by atoms with Gasteiger partial charge in [0.15, 0.2) is 17.9 Å². The average Bonchev–Trinajstić information content (AvgIpc) is 2.40. The molecule has 0 bridgehead atoms. The van der Waals surface area contributed by atoms with E-state index < -0.39 is 5.82 Å². The fraction of sp³-hybridized carbons (Fsp3) is 0.143. The Labute approximate surface area is 115 Å². The van der Waals surface area contributed by atoms with Crippen LogP contribution in [0.2, 0.25) is 5.02 Å².